The van der Waals surface area contributed by atoms with Gasteiger partial charge in [-0.25, -0.2) is 0 Å². The molecule has 0 fully saturated rings. The molecule has 0 saturated carbocycles. The fraction of sp³-hybridized carbons (Fsp3) is 0.889. The Bertz CT molecular complexity index is 146. The molecule has 13 heavy (non-hydrogen) atoms. The van der Waals surface area contributed by atoms with Gasteiger partial charge in [-0.3, -0.25) is 4.79 Å². The number of carboxylic acids is 1. The number of aliphatic hydroxyl groups excluding tert-OH is 1. The molecule has 2 N–H and O–H groups in total. The van der Waals surface area contributed by atoms with Gasteiger partial charge in [-0.15, -0.1) is 0 Å². The number of nitrogens with zero attached hydrogens (tertiary/aromatic N) is 1. The summed E-state index contributed by atoms with van der Waals surface area (Å²) in [7, 11) is 0. The third-order valence-corrected chi connectivity index (χ3v) is 2.05. The van der Waals surface area contributed by atoms with Crippen LogP contribution in [0, 0.1) is 0 Å². The van der Waals surface area contributed by atoms with Crippen molar-refractivity contribution in [3.63, 3.8) is 0 Å². The molecule has 0 heterocycles. The predicted octanol–water partition coefficient (Wildman–Crippen LogP) is 0.554. The SMILES string of the molecule is CCN(CC)CC(O)CCC(=O)O. The van der Waals surface area contributed by atoms with Crippen molar-refractivity contribution in [2.45, 2.75) is 32.8 Å². The first-order valence-corrected chi connectivity index (χ1v) is 4.72. The highest BCUT2D eigenvalue weighted by Gasteiger charge is 2.10. The van der Waals surface area contributed by atoms with Gasteiger partial charge < -0.3 is 15.1 Å². The number of hydrogen-bond donors (Lipinski definition) is 2. The molecule has 0 aliphatic rings. The van der Waals surface area contributed by atoms with Crippen LogP contribution in [0.3, 0.4) is 0 Å². The van der Waals surface area contributed by atoms with E-state index in [0.717, 1.165) is 13.1 Å². The second-order valence-electron chi connectivity index (χ2n) is 3.07. The highest BCUT2D eigenvalue weighted by atomic mass is 16.4. The van der Waals surface area contributed by atoms with E-state index in [2.05, 4.69) is 4.90 Å². The molecule has 0 rings (SSSR count). The maximum Gasteiger partial charge on any atom is 0.303 e. The van der Waals surface area contributed by atoms with Gasteiger partial charge in [0.25, 0.3) is 0 Å². The molecule has 0 bridgehead atoms. The van der Waals surface area contributed by atoms with Crippen LogP contribution < -0.4 is 0 Å². The van der Waals surface area contributed by atoms with Crippen LogP contribution in [0.4, 0.5) is 0 Å². The molecular formula is C9H19NO3. The van der Waals surface area contributed by atoms with Crippen molar-refractivity contribution in [3.05, 3.63) is 0 Å². The Morgan fingerprint density at radius 2 is 1.92 bits per heavy atom. The Hall–Kier alpha value is -0.610. The van der Waals surface area contributed by atoms with Crippen molar-refractivity contribution in [1.29, 1.82) is 0 Å². The van der Waals surface area contributed by atoms with Gasteiger partial charge in [-0.1, -0.05) is 13.8 Å². The van der Waals surface area contributed by atoms with E-state index in [9.17, 15) is 9.90 Å². The minimum atomic E-state index is -0.849. The lowest BCUT2D eigenvalue weighted by atomic mass is 10.2. The van der Waals surface area contributed by atoms with Gasteiger partial charge in [-0.2, -0.15) is 0 Å². The Labute approximate surface area is 79.2 Å². The molecule has 0 amide bonds. The zero-order chi connectivity index (χ0) is 10.3. The second-order valence-corrected chi connectivity index (χ2v) is 3.07. The lowest BCUT2D eigenvalue weighted by molar-refractivity contribution is -0.137. The fourth-order valence-corrected chi connectivity index (χ4v) is 1.16. The smallest absolute Gasteiger partial charge is 0.303 e. The van der Waals surface area contributed by atoms with Crippen molar-refractivity contribution in [3.8, 4) is 0 Å². The number of carbonyl (C=O) groups is 1. The van der Waals surface area contributed by atoms with Crippen molar-refractivity contribution in [1.82, 2.24) is 4.90 Å². The fourth-order valence-electron chi connectivity index (χ4n) is 1.16. The Morgan fingerprint density at radius 3 is 2.31 bits per heavy atom. The summed E-state index contributed by atoms with van der Waals surface area (Å²) in [4.78, 5) is 12.3. The molecule has 0 aromatic carbocycles. The number of carboxylic acid groups (broad SMARTS) is 1. The van der Waals surface area contributed by atoms with Crippen LogP contribution in [-0.2, 0) is 4.79 Å². The maximum atomic E-state index is 10.2. The molecule has 4 heteroatoms. The molecule has 0 aromatic heterocycles. The normalized spacial score (nSPS) is 13.2. The summed E-state index contributed by atoms with van der Waals surface area (Å²) < 4.78 is 0. The van der Waals surface area contributed by atoms with Gasteiger partial charge in [0.2, 0.25) is 0 Å². The van der Waals surface area contributed by atoms with Crippen molar-refractivity contribution in [2.75, 3.05) is 19.6 Å². The summed E-state index contributed by atoms with van der Waals surface area (Å²) in [5, 5.41) is 17.8. The number of hydrogen-bond acceptors (Lipinski definition) is 3. The van der Waals surface area contributed by atoms with E-state index in [1.54, 1.807) is 0 Å². The Morgan fingerprint density at radius 1 is 1.38 bits per heavy atom. The predicted molar refractivity (Wildman–Crippen MR) is 50.7 cm³/mol. The third kappa shape index (κ3) is 6.54. The summed E-state index contributed by atoms with van der Waals surface area (Å²) >= 11 is 0. The molecule has 0 radical (unpaired) electrons. The standard InChI is InChI=1S/C9H19NO3/c1-3-10(4-2)7-8(11)5-6-9(12)13/h8,11H,3-7H2,1-2H3,(H,12,13). The summed E-state index contributed by atoms with van der Waals surface area (Å²) in [6.45, 7) is 6.39. The Balaban J connectivity index is 3.59. The monoisotopic (exact) mass is 189 g/mol. The van der Waals surface area contributed by atoms with E-state index in [1.807, 2.05) is 13.8 Å². The van der Waals surface area contributed by atoms with Gasteiger partial charge >= 0.3 is 5.97 Å². The molecule has 4 nitrogen and oxygen atoms in total. The van der Waals surface area contributed by atoms with Gasteiger partial charge in [0.05, 0.1) is 6.10 Å². The first kappa shape index (κ1) is 12.4. The largest absolute Gasteiger partial charge is 0.481 e. The van der Waals surface area contributed by atoms with Crippen LogP contribution in [0.1, 0.15) is 26.7 Å². The molecule has 1 unspecified atom stereocenters. The van der Waals surface area contributed by atoms with Crippen LogP contribution in [0.25, 0.3) is 0 Å². The molecule has 0 saturated heterocycles. The van der Waals surface area contributed by atoms with Crippen LogP contribution in [0.5, 0.6) is 0 Å². The van der Waals surface area contributed by atoms with E-state index in [0.29, 0.717) is 13.0 Å². The summed E-state index contributed by atoms with van der Waals surface area (Å²) in [6.07, 6.45) is -0.134. The third-order valence-electron chi connectivity index (χ3n) is 2.05. The van der Waals surface area contributed by atoms with Crippen LogP contribution in [0.15, 0.2) is 0 Å². The first-order valence-electron chi connectivity index (χ1n) is 4.72. The molecule has 0 spiro atoms. The quantitative estimate of drug-likeness (QED) is 0.614. The molecular weight excluding hydrogens is 170 g/mol. The van der Waals surface area contributed by atoms with Gasteiger partial charge in [-0.05, 0) is 19.5 Å². The summed E-state index contributed by atoms with van der Waals surface area (Å²) in [5.74, 6) is -0.849. The maximum absolute atomic E-state index is 10.2. The van der Waals surface area contributed by atoms with Gasteiger partial charge in [0, 0.05) is 13.0 Å². The average Bonchev–Trinajstić information content (AvgIpc) is 2.10. The average molecular weight is 189 g/mol. The van der Waals surface area contributed by atoms with Crippen molar-refractivity contribution >= 4 is 5.97 Å². The van der Waals surface area contributed by atoms with E-state index in [4.69, 9.17) is 5.11 Å². The van der Waals surface area contributed by atoms with Crippen LogP contribution in [-0.4, -0.2) is 46.8 Å². The van der Waals surface area contributed by atoms with Gasteiger partial charge in [0.1, 0.15) is 0 Å². The van der Waals surface area contributed by atoms with Crippen molar-refractivity contribution < 1.29 is 15.0 Å². The summed E-state index contributed by atoms with van der Waals surface area (Å²) in [5.41, 5.74) is 0. The zero-order valence-corrected chi connectivity index (χ0v) is 8.36. The molecule has 0 aliphatic carbocycles. The molecule has 1 atom stereocenters. The molecule has 0 aromatic rings. The van der Waals surface area contributed by atoms with Crippen LogP contribution in [0.2, 0.25) is 0 Å². The van der Waals surface area contributed by atoms with Crippen LogP contribution >= 0.6 is 0 Å². The van der Waals surface area contributed by atoms with Gasteiger partial charge in [0.15, 0.2) is 0 Å². The highest BCUT2D eigenvalue weighted by Crippen LogP contribution is 2.00. The van der Waals surface area contributed by atoms with E-state index >= 15 is 0 Å². The summed E-state index contributed by atoms with van der Waals surface area (Å²) in [6, 6.07) is 0. The molecule has 78 valence electrons. The minimum absolute atomic E-state index is 0.0441. The number of aliphatic carboxylic acids is 1. The topological polar surface area (TPSA) is 60.8 Å². The Kier molecular flexibility index (Phi) is 6.54. The second kappa shape index (κ2) is 6.86. The zero-order valence-electron chi connectivity index (χ0n) is 8.36. The van der Waals surface area contributed by atoms with E-state index in [-0.39, 0.29) is 6.42 Å². The minimum Gasteiger partial charge on any atom is -0.481 e. The lowest BCUT2D eigenvalue weighted by Gasteiger charge is -2.21. The highest BCUT2D eigenvalue weighted by molar-refractivity contribution is 5.66. The van der Waals surface area contributed by atoms with Crippen molar-refractivity contribution in [2.24, 2.45) is 0 Å². The first-order chi connectivity index (χ1) is 6.10. The number of likely N-dealkylation sites (N-methyl/N-ethyl adjacent to an activating group) is 1. The van der Waals surface area contributed by atoms with E-state index < -0.39 is 12.1 Å². The lowest BCUT2D eigenvalue weighted by Crippen LogP contribution is -2.32. The van der Waals surface area contributed by atoms with E-state index in [1.165, 1.54) is 0 Å². The number of rotatable bonds is 7. The molecule has 0 aliphatic heterocycles. The number of aliphatic hydroxyl groups is 1.